The van der Waals surface area contributed by atoms with E-state index in [0.29, 0.717) is 6.42 Å². The van der Waals surface area contributed by atoms with Crippen LogP contribution in [0.4, 0.5) is 17.6 Å². The first-order valence-electron chi connectivity index (χ1n) is 5.70. The van der Waals surface area contributed by atoms with Gasteiger partial charge in [0.2, 0.25) is 0 Å². The third-order valence-electron chi connectivity index (χ3n) is 4.37. The topological polar surface area (TPSA) is 0 Å². The molecule has 2 rings (SSSR count). The van der Waals surface area contributed by atoms with Gasteiger partial charge in [-0.1, -0.05) is 26.0 Å². The van der Waals surface area contributed by atoms with Crippen LogP contribution in [0.15, 0.2) is 12.2 Å². The van der Waals surface area contributed by atoms with Crippen molar-refractivity contribution in [2.75, 3.05) is 0 Å². The number of halogens is 5. The molecule has 0 spiro atoms. The molecular formula is C12H15ClF4. The Balaban J connectivity index is 2.28. The van der Waals surface area contributed by atoms with Crippen LogP contribution in [0.25, 0.3) is 0 Å². The highest BCUT2D eigenvalue weighted by atomic mass is 35.5. The summed E-state index contributed by atoms with van der Waals surface area (Å²) in [6.07, 6.45) is 5.23. The molecule has 3 unspecified atom stereocenters. The molecule has 0 amide bonds. The summed E-state index contributed by atoms with van der Waals surface area (Å²) in [5, 5.41) is -4.50. The Morgan fingerprint density at radius 2 is 1.65 bits per heavy atom. The SMILES string of the molecule is CC(C)(C1CC2C=CC1C2)C(F)(F)C(F)(F)Cl. The summed E-state index contributed by atoms with van der Waals surface area (Å²) in [6, 6.07) is 0. The van der Waals surface area contributed by atoms with Gasteiger partial charge >= 0.3 is 11.3 Å². The van der Waals surface area contributed by atoms with Crippen LogP contribution in [-0.2, 0) is 0 Å². The smallest absolute Gasteiger partial charge is 0.198 e. The summed E-state index contributed by atoms with van der Waals surface area (Å²) >= 11 is 4.59. The second-order valence-electron chi connectivity index (χ2n) is 5.68. The summed E-state index contributed by atoms with van der Waals surface area (Å²) in [7, 11) is 0. The summed E-state index contributed by atoms with van der Waals surface area (Å²) in [6.45, 7) is 2.39. The van der Waals surface area contributed by atoms with Crippen LogP contribution in [0.3, 0.4) is 0 Å². The molecule has 98 valence electrons. The van der Waals surface area contributed by atoms with Crippen molar-refractivity contribution in [2.45, 2.75) is 38.0 Å². The molecule has 0 aromatic carbocycles. The third-order valence-corrected chi connectivity index (χ3v) is 4.61. The van der Waals surface area contributed by atoms with E-state index in [1.54, 1.807) is 0 Å². The van der Waals surface area contributed by atoms with E-state index in [2.05, 4.69) is 11.6 Å². The van der Waals surface area contributed by atoms with Crippen LogP contribution in [-0.4, -0.2) is 11.3 Å². The monoisotopic (exact) mass is 270 g/mol. The maximum atomic E-state index is 13.8. The van der Waals surface area contributed by atoms with E-state index in [1.165, 1.54) is 13.8 Å². The van der Waals surface area contributed by atoms with E-state index >= 15 is 0 Å². The standard InChI is InChI=1S/C12H15ClF4/c1-10(2,11(14,15)12(13,16)17)9-6-7-3-4-8(9)5-7/h3-4,7-9H,5-6H2,1-2H3. The molecule has 1 saturated carbocycles. The van der Waals surface area contributed by atoms with Crippen molar-refractivity contribution in [1.82, 2.24) is 0 Å². The van der Waals surface area contributed by atoms with E-state index in [4.69, 9.17) is 0 Å². The predicted octanol–water partition coefficient (Wildman–Crippen LogP) is 4.69. The Kier molecular flexibility index (Phi) is 2.81. The molecule has 2 bridgehead atoms. The summed E-state index contributed by atoms with van der Waals surface area (Å²) in [5.74, 6) is -4.38. The minimum atomic E-state index is -4.50. The molecule has 3 atom stereocenters. The van der Waals surface area contributed by atoms with Crippen molar-refractivity contribution in [1.29, 1.82) is 0 Å². The zero-order chi connectivity index (χ0) is 13.1. The molecule has 0 radical (unpaired) electrons. The lowest BCUT2D eigenvalue weighted by Crippen LogP contribution is -2.52. The zero-order valence-corrected chi connectivity index (χ0v) is 10.4. The van der Waals surface area contributed by atoms with Gasteiger partial charge in [0.25, 0.3) is 0 Å². The molecule has 1 fully saturated rings. The summed E-state index contributed by atoms with van der Waals surface area (Å²) in [5.41, 5.74) is -1.80. The van der Waals surface area contributed by atoms with Crippen molar-refractivity contribution in [3.8, 4) is 0 Å². The van der Waals surface area contributed by atoms with Crippen molar-refractivity contribution in [3.05, 3.63) is 12.2 Å². The first-order valence-corrected chi connectivity index (χ1v) is 6.08. The van der Waals surface area contributed by atoms with Crippen molar-refractivity contribution < 1.29 is 17.6 Å². The number of allylic oxidation sites excluding steroid dienone is 2. The van der Waals surface area contributed by atoms with Gasteiger partial charge in [-0.2, -0.15) is 17.6 Å². The molecule has 5 heteroatoms. The molecule has 0 N–H and O–H groups in total. The van der Waals surface area contributed by atoms with Crippen LogP contribution >= 0.6 is 11.6 Å². The second kappa shape index (κ2) is 3.62. The second-order valence-corrected chi connectivity index (χ2v) is 6.16. The van der Waals surface area contributed by atoms with Crippen LogP contribution in [0.1, 0.15) is 26.7 Å². The first-order chi connectivity index (χ1) is 7.57. The molecule has 0 saturated heterocycles. The van der Waals surface area contributed by atoms with Crippen LogP contribution in [0, 0.1) is 23.2 Å². The lowest BCUT2D eigenvalue weighted by Gasteiger charge is -2.43. The van der Waals surface area contributed by atoms with Gasteiger partial charge in [-0.25, -0.2) is 0 Å². The molecule has 2 aliphatic carbocycles. The number of hydrogen-bond acceptors (Lipinski definition) is 0. The Morgan fingerprint density at radius 1 is 1.06 bits per heavy atom. The molecule has 17 heavy (non-hydrogen) atoms. The van der Waals surface area contributed by atoms with Crippen molar-refractivity contribution in [2.24, 2.45) is 23.2 Å². The summed E-state index contributed by atoms with van der Waals surface area (Å²) in [4.78, 5) is 0. The van der Waals surface area contributed by atoms with Gasteiger partial charge in [-0.15, -0.1) is 0 Å². The van der Waals surface area contributed by atoms with Crippen LogP contribution in [0.5, 0.6) is 0 Å². The number of hydrogen-bond donors (Lipinski definition) is 0. The first kappa shape index (κ1) is 13.2. The van der Waals surface area contributed by atoms with E-state index in [9.17, 15) is 17.6 Å². The van der Waals surface area contributed by atoms with Crippen molar-refractivity contribution >= 4 is 11.6 Å². The maximum absolute atomic E-state index is 13.8. The molecule has 0 aromatic rings. The van der Waals surface area contributed by atoms with Gasteiger partial charge in [0.1, 0.15) is 0 Å². The third kappa shape index (κ3) is 1.79. The quantitative estimate of drug-likeness (QED) is 0.396. The zero-order valence-electron chi connectivity index (χ0n) is 9.69. The van der Waals surface area contributed by atoms with Crippen molar-refractivity contribution in [3.63, 3.8) is 0 Å². The average molecular weight is 271 g/mol. The summed E-state index contributed by atoms with van der Waals surface area (Å²) < 4.78 is 53.3. The largest absolute Gasteiger partial charge is 0.384 e. The van der Waals surface area contributed by atoms with Crippen LogP contribution in [0.2, 0.25) is 0 Å². The molecular weight excluding hydrogens is 256 g/mol. The molecule has 0 aromatic heterocycles. The van der Waals surface area contributed by atoms with E-state index in [1.807, 2.05) is 12.2 Å². The average Bonchev–Trinajstić information content (AvgIpc) is 2.76. The number of fused-ring (bicyclic) bond motifs is 2. The molecule has 0 aliphatic heterocycles. The van der Waals surface area contributed by atoms with Gasteiger partial charge in [-0.3, -0.25) is 0 Å². The van der Waals surface area contributed by atoms with Gasteiger partial charge in [0.05, 0.1) is 0 Å². The molecule has 0 heterocycles. The molecule has 0 nitrogen and oxygen atoms in total. The van der Waals surface area contributed by atoms with Gasteiger partial charge in [0, 0.05) is 5.41 Å². The fourth-order valence-electron chi connectivity index (χ4n) is 3.21. The van der Waals surface area contributed by atoms with E-state index in [0.717, 1.165) is 6.42 Å². The highest BCUT2D eigenvalue weighted by Crippen LogP contribution is 2.60. The van der Waals surface area contributed by atoms with Gasteiger partial charge in [-0.05, 0) is 42.2 Å². The Labute approximate surface area is 103 Å². The lowest BCUT2D eigenvalue weighted by atomic mass is 9.68. The highest BCUT2D eigenvalue weighted by Gasteiger charge is 2.67. The van der Waals surface area contributed by atoms with Crippen LogP contribution < -0.4 is 0 Å². The number of alkyl halides is 5. The Morgan fingerprint density at radius 3 is 2.00 bits per heavy atom. The Bertz CT molecular complexity index is 343. The number of rotatable bonds is 3. The van der Waals surface area contributed by atoms with E-state index < -0.39 is 22.6 Å². The predicted molar refractivity (Wildman–Crippen MR) is 58.4 cm³/mol. The minimum Gasteiger partial charge on any atom is -0.198 e. The fourth-order valence-corrected chi connectivity index (χ4v) is 3.45. The Hall–Kier alpha value is -0.250. The molecule has 2 aliphatic rings. The normalized spacial score (nSPS) is 33.5. The lowest BCUT2D eigenvalue weighted by molar-refractivity contribution is -0.236. The van der Waals surface area contributed by atoms with Gasteiger partial charge < -0.3 is 0 Å². The van der Waals surface area contributed by atoms with E-state index in [-0.39, 0.29) is 11.8 Å². The fraction of sp³-hybridized carbons (Fsp3) is 0.833. The highest BCUT2D eigenvalue weighted by molar-refractivity contribution is 6.22. The maximum Gasteiger partial charge on any atom is 0.384 e. The minimum absolute atomic E-state index is 0.0140. The van der Waals surface area contributed by atoms with Gasteiger partial charge in [0.15, 0.2) is 0 Å².